The Morgan fingerprint density at radius 3 is 2.65 bits per heavy atom. The van der Waals surface area contributed by atoms with Crippen LogP contribution in [-0.2, 0) is 20.8 Å². The summed E-state index contributed by atoms with van der Waals surface area (Å²) >= 11 is 5.38. The molecule has 43 heavy (non-hydrogen) atoms. The largest absolute Gasteiger partial charge is 0.454 e. The van der Waals surface area contributed by atoms with E-state index >= 15 is 0 Å². The SMILES string of the molecule is O=C(ON1CC(=O)N2C(Cc3c([nH]c4ccccc34)C2c2ccc3c(c2)OCO3)C1=O)c1ccc(-c2cssc2=S)cc1. The van der Waals surface area contributed by atoms with Crippen LogP contribution in [-0.4, -0.2) is 52.1 Å². The average Bonchev–Trinajstić information content (AvgIpc) is 3.76. The number of aromatic amines is 1. The zero-order chi connectivity index (χ0) is 29.2. The Bertz CT molecular complexity index is 2010. The molecule has 0 saturated carbocycles. The predicted molar refractivity (Wildman–Crippen MR) is 163 cm³/mol. The fourth-order valence-electron chi connectivity index (χ4n) is 6.08. The lowest BCUT2D eigenvalue weighted by molar-refractivity contribution is -0.190. The third kappa shape index (κ3) is 4.24. The molecule has 3 aromatic carbocycles. The highest BCUT2D eigenvalue weighted by molar-refractivity contribution is 7.79. The summed E-state index contributed by atoms with van der Waals surface area (Å²) in [6.45, 7) is -0.275. The number of nitrogens with zero attached hydrogens (tertiary/aromatic N) is 2. The van der Waals surface area contributed by atoms with Gasteiger partial charge in [-0.05, 0) is 47.0 Å². The molecule has 8 rings (SSSR count). The number of hydroxylamine groups is 2. The number of H-pyrrole nitrogens is 1. The minimum Gasteiger partial charge on any atom is -0.454 e. The average molecular weight is 628 g/mol. The van der Waals surface area contributed by atoms with Crippen LogP contribution in [0.2, 0.25) is 0 Å². The summed E-state index contributed by atoms with van der Waals surface area (Å²) in [6, 6.07) is 18.8. The number of fused-ring (bicyclic) bond motifs is 5. The molecule has 0 radical (unpaired) electrons. The number of ether oxygens (including phenoxy) is 2. The maximum Gasteiger partial charge on any atom is 0.363 e. The first kappa shape index (κ1) is 26.1. The fourth-order valence-corrected chi connectivity index (χ4v) is 8.48. The van der Waals surface area contributed by atoms with Crippen molar-refractivity contribution in [3.8, 4) is 22.6 Å². The quantitative estimate of drug-likeness (QED) is 0.196. The molecular weight excluding hydrogens is 607 g/mol. The molecule has 2 atom stereocenters. The Kier molecular flexibility index (Phi) is 6.10. The molecule has 3 aliphatic heterocycles. The number of amides is 2. The minimum absolute atomic E-state index is 0.122. The van der Waals surface area contributed by atoms with E-state index in [0.717, 1.165) is 47.7 Å². The topological polar surface area (TPSA) is 101 Å². The predicted octanol–water partition coefficient (Wildman–Crippen LogP) is 5.87. The van der Waals surface area contributed by atoms with Gasteiger partial charge in [-0.2, -0.15) is 5.06 Å². The molecule has 214 valence electrons. The third-order valence-electron chi connectivity index (χ3n) is 8.08. The Morgan fingerprint density at radius 2 is 1.84 bits per heavy atom. The smallest absolute Gasteiger partial charge is 0.363 e. The third-order valence-corrected chi connectivity index (χ3v) is 10.7. The van der Waals surface area contributed by atoms with Gasteiger partial charge < -0.3 is 24.2 Å². The summed E-state index contributed by atoms with van der Waals surface area (Å²) < 4.78 is 11.9. The van der Waals surface area contributed by atoms with Crippen molar-refractivity contribution in [3.05, 3.63) is 98.3 Å². The molecule has 0 bridgehead atoms. The zero-order valence-electron chi connectivity index (χ0n) is 22.3. The van der Waals surface area contributed by atoms with E-state index in [0.29, 0.717) is 11.5 Å². The Balaban J connectivity index is 1.12. The van der Waals surface area contributed by atoms with Gasteiger partial charge in [-0.25, -0.2) is 4.79 Å². The van der Waals surface area contributed by atoms with Crippen LogP contribution in [0.1, 0.15) is 33.2 Å². The van der Waals surface area contributed by atoms with Gasteiger partial charge in [-0.3, -0.25) is 9.59 Å². The number of carbonyl (C=O) groups excluding carboxylic acids is 3. The van der Waals surface area contributed by atoms with E-state index in [9.17, 15) is 14.4 Å². The van der Waals surface area contributed by atoms with Crippen molar-refractivity contribution < 1.29 is 28.7 Å². The maximum absolute atomic E-state index is 13.9. The molecule has 0 spiro atoms. The van der Waals surface area contributed by atoms with Gasteiger partial charge in [0.2, 0.25) is 12.7 Å². The second-order valence-electron chi connectivity index (χ2n) is 10.4. The van der Waals surface area contributed by atoms with Gasteiger partial charge in [-0.1, -0.05) is 69.3 Å². The van der Waals surface area contributed by atoms with Gasteiger partial charge in [0.05, 0.1) is 11.6 Å². The summed E-state index contributed by atoms with van der Waals surface area (Å²) in [6.07, 6.45) is 0.277. The molecule has 0 aliphatic carbocycles. The first-order valence-corrected chi connectivity index (χ1v) is 16.1. The molecule has 3 aliphatic rings. The monoisotopic (exact) mass is 627 g/mol. The molecule has 1 fully saturated rings. The summed E-state index contributed by atoms with van der Waals surface area (Å²) in [4.78, 5) is 51.5. The lowest BCUT2D eigenvalue weighted by Gasteiger charge is -2.46. The fraction of sp³-hybridized carbons (Fsp3) is 0.161. The first-order valence-electron chi connectivity index (χ1n) is 13.5. The highest BCUT2D eigenvalue weighted by atomic mass is 32.9. The van der Waals surface area contributed by atoms with Gasteiger partial charge in [0.15, 0.2) is 11.5 Å². The number of para-hydroxylation sites is 1. The Hall–Kier alpha value is -4.52. The summed E-state index contributed by atoms with van der Waals surface area (Å²) in [5.74, 6) is -0.305. The molecule has 1 saturated heterocycles. The number of hydrogen-bond acceptors (Lipinski definition) is 9. The number of nitrogens with one attached hydrogen (secondary N) is 1. The van der Waals surface area contributed by atoms with Crippen LogP contribution >= 0.6 is 32.9 Å². The summed E-state index contributed by atoms with van der Waals surface area (Å²) in [5, 5.41) is 3.86. The standard InChI is InChI=1S/C31H21N3O6S3/c35-26-13-33(40-30(37)17-7-5-16(6-8-17)21-14-42-43-31(21)41)29(36)23-12-20-19-3-1-2-4-22(19)32-27(20)28(34(23)26)18-9-10-24-25(11-18)39-15-38-24/h1-11,14,23,28,32H,12-13,15H2. The highest BCUT2D eigenvalue weighted by Crippen LogP contribution is 2.45. The summed E-state index contributed by atoms with van der Waals surface area (Å²) in [5.41, 5.74) is 5.57. The lowest BCUT2D eigenvalue weighted by Crippen LogP contribution is -2.63. The maximum atomic E-state index is 13.9. The molecule has 2 aromatic heterocycles. The van der Waals surface area contributed by atoms with Crippen molar-refractivity contribution in [2.24, 2.45) is 0 Å². The molecule has 5 aromatic rings. The second kappa shape index (κ2) is 10.0. The molecule has 12 heteroatoms. The number of aromatic nitrogens is 1. The van der Waals surface area contributed by atoms with Gasteiger partial charge in [-0.15, -0.1) is 0 Å². The molecule has 2 amide bonds. The Labute approximate surface area is 257 Å². The number of carbonyl (C=O) groups is 3. The molecule has 9 nitrogen and oxygen atoms in total. The van der Waals surface area contributed by atoms with Crippen LogP contribution in [0.25, 0.3) is 22.0 Å². The van der Waals surface area contributed by atoms with Gasteiger partial charge in [0.1, 0.15) is 16.4 Å². The van der Waals surface area contributed by atoms with Crippen LogP contribution < -0.4 is 9.47 Å². The van der Waals surface area contributed by atoms with E-state index in [1.807, 2.05) is 47.8 Å². The van der Waals surface area contributed by atoms with E-state index in [1.165, 1.54) is 10.3 Å². The molecule has 5 heterocycles. The zero-order valence-corrected chi connectivity index (χ0v) is 24.7. The second-order valence-corrected chi connectivity index (χ2v) is 13.2. The Morgan fingerprint density at radius 1 is 1.02 bits per heavy atom. The van der Waals surface area contributed by atoms with Crippen LogP contribution in [0.15, 0.2) is 72.1 Å². The van der Waals surface area contributed by atoms with Gasteiger partial charge in [0.25, 0.3) is 5.91 Å². The highest BCUT2D eigenvalue weighted by Gasteiger charge is 2.49. The molecular formula is C31H21N3O6S3. The van der Waals surface area contributed by atoms with E-state index < -0.39 is 30.5 Å². The van der Waals surface area contributed by atoms with E-state index in [4.69, 9.17) is 26.5 Å². The van der Waals surface area contributed by atoms with E-state index in [1.54, 1.807) is 39.5 Å². The first-order chi connectivity index (χ1) is 21.0. The van der Waals surface area contributed by atoms with Gasteiger partial charge in [0, 0.05) is 34.0 Å². The van der Waals surface area contributed by atoms with Crippen molar-refractivity contribution in [1.29, 1.82) is 0 Å². The normalized spacial score (nSPS) is 19.0. The molecule has 1 N–H and O–H groups in total. The van der Waals surface area contributed by atoms with E-state index in [2.05, 4.69) is 4.98 Å². The van der Waals surface area contributed by atoms with Crippen molar-refractivity contribution in [1.82, 2.24) is 14.9 Å². The van der Waals surface area contributed by atoms with Crippen LogP contribution in [0.4, 0.5) is 0 Å². The van der Waals surface area contributed by atoms with Gasteiger partial charge >= 0.3 is 5.97 Å². The van der Waals surface area contributed by atoms with Crippen molar-refractivity contribution in [2.75, 3.05) is 13.3 Å². The van der Waals surface area contributed by atoms with Crippen molar-refractivity contribution in [2.45, 2.75) is 18.5 Å². The van der Waals surface area contributed by atoms with Crippen LogP contribution in [0.3, 0.4) is 0 Å². The molecule has 2 unspecified atom stereocenters. The van der Waals surface area contributed by atoms with E-state index in [-0.39, 0.29) is 24.7 Å². The van der Waals surface area contributed by atoms with Crippen LogP contribution in [0, 0.1) is 3.82 Å². The minimum atomic E-state index is -0.871. The number of piperazine rings is 1. The lowest BCUT2D eigenvalue weighted by atomic mass is 9.86. The summed E-state index contributed by atoms with van der Waals surface area (Å²) in [7, 11) is 3.07. The van der Waals surface area contributed by atoms with Crippen LogP contribution in [0.5, 0.6) is 11.5 Å². The van der Waals surface area contributed by atoms with Crippen molar-refractivity contribution >= 4 is 61.6 Å². The number of benzene rings is 3. The number of rotatable bonds is 4. The number of hydrogen-bond donors (Lipinski definition) is 1. The van der Waals surface area contributed by atoms with Crippen molar-refractivity contribution in [3.63, 3.8) is 0 Å².